The maximum absolute atomic E-state index is 11.9. The molecule has 0 aliphatic rings. The lowest BCUT2D eigenvalue weighted by molar-refractivity contribution is -0.122. The van der Waals surface area contributed by atoms with E-state index in [2.05, 4.69) is 30.9 Å². The topological polar surface area (TPSA) is 121 Å². The second-order valence-electron chi connectivity index (χ2n) is 6.59. The first-order valence-corrected chi connectivity index (χ1v) is 9.73. The van der Waals surface area contributed by atoms with Crippen LogP contribution < -0.4 is 5.32 Å². The van der Waals surface area contributed by atoms with Gasteiger partial charge >= 0.3 is 0 Å². The molecule has 30 heavy (non-hydrogen) atoms. The number of hydrogen-bond acceptors (Lipinski definition) is 9. The molecule has 10 heteroatoms. The molecule has 1 N–H and O–H groups in total. The van der Waals surface area contributed by atoms with Gasteiger partial charge in [-0.1, -0.05) is 29.4 Å². The molecule has 0 unspecified atom stereocenters. The highest BCUT2D eigenvalue weighted by atomic mass is 16.6. The molecule has 1 aromatic carbocycles. The van der Waals surface area contributed by atoms with Gasteiger partial charge in [-0.2, -0.15) is 0 Å². The summed E-state index contributed by atoms with van der Waals surface area (Å²) in [6.07, 6.45) is 0.292. The maximum atomic E-state index is 11.9. The van der Waals surface area contributed by atoms with Crippen molar-refractivity contribution in [1.29, 1.82) is 0 Å². The highest BCUT2D eigenvalue weighted by molar-refractivity contribution is 5.78. The van der Waals surface area contributed by atoms with Crippen molar-refractivity contribution in [3.63, 3.8) is 0 Å². The van der Waals surface area contributed by atoms with Gasteiger partial charge in [0.1, 0.15) is 6.61 Å². The standard InChI is InChI=1S/C20H28N6O4/c1-15(2)26-30-13-12-29-11-10-28-9-8-19(27)21-14-17-4-6-18(7-5-17)20-24-22-16(3)23-25-20/h4-7H,8-14H2,1-3H3,(H,21,27). The van der Waals surface area contributed by atoms with E-state index in [-0.39, 0.29) is 5.91 Å². The van der Waals surface area contributed by atoms with E-state index >= 15 is 0 Å². The molecule has 0 fully saturated rings. The lowest BCUT2D eigenvalue weighted by Crippen LogP contribution is -2.24. The summed E-state index contributed by atoms with van der Waals surface area (Å²) in [6, 6.07) is 7.56. The van der Waals surface area contributed by atoms with Crippen molar-refractivity contribution in [2.45, 2.75) is 33.7 Å². The largest absolute Gasteiger partial charge is 0.393 e. The number of carbonyl (C=O) groups is 1. The predicted octanol–water partition coefficient (Wildman–Crippen LogP) is 1.69. The van der Waals surface area contributed by atoms with Gasteiger partial charge in [-0.25, -0.2) is 0 Å². The van der Waals surface area contributed by atoms with Gasteiger partial charge < -0.3 is 19.6 Å². The molecule has 0 aliphatic carbocycles. The summed E-state index contributed by atoms with van der Waals surface area (Å²) in [6.45, 7) is 7.95. The Morgan fingerprint density at radius 3 is 2.23 bits per heavy atom. The van der Waals surface area contributed by atoms with Crippen LogP contribution in [0.5, 0.6) is 0 Å². The van der Waals surface area contributed by atoms with Gasteiger partial charge in [-0.05, 0) is 26.3 Å². The fourth-order valence-electron chi connectivity index (χ4n) is 2.21. The van der Waals surface area contributed by atoms with Crippen LogP contribution >= 0.6 is 0 Å². The van der Waals surface area contributed by atoms with Crippen LogP contribution in [-0.2, 0) is 25.7 Å². The Bertz CT molecular complexity index is 792. The zero-order valence-electron chi connectivity index (χ0n) is 17.6. The number of nitrogens with zero attached hydrogens (tertiary/aromatic N) is 5. The Labute approximate surface area is 176 Å². The Hall–Kier alpha value is -2.98. The Balaban J connectivity index is 1.53. The van der Waals surface area contributed by atoms with Gasteiger partial charge in [0, 0.05) is 18.5 Å². The van der Waals surface area contributed by atoms with Crippen LogP contribution in [-0.4, -0.2) is 65.0 Å². The molecule has 162 valence electrons. The van der Waals surface area contributed by atoms with Crippen molar-refractivity contribution in [2.24, 2.45) is 5.16 Å². The van der Waals surface area contributed by atoms with Crippen LogP contribution in [0.1, 0.15) is 31.7 Å². The van der Waals surface area contributed by atoms with Gasteiger partial charge in [-0.15, -0.1) is 20.4 Å². The third kappa shape index (κ3) is 9.48. The molecule has 2 aromatic rings. The van der Waals surface area contributed by atoms with Crippen molar-refractivity contribution < 1.29 is 19.1 Å². The van der Waals surface area contributed by atoms with E-state index in [9.17, 15) is 4.79 Å². The number of nitrogens with one attached hydrogen (secondary N) is 1. The predicted molar refractivity (Wildman–Crippen MR) is 111 cm³/mol. The van der Waals surface area contributed by atoms with Gasteiger partial charge in [0.15, 0.2) is 5.82 Å². The first-order valence-electron chi connectivity index (χ1n) is 9.73. The van der Waals surface area contributed by atoms with Crippen molar-refractivity contribution in [2.75, 3.05) is 33.0 Å². The number of carbonyl (C=O) groups excluding carboxylic acids is 1. The first kappa shape index (κ1) is 23.3. The third-order valence-electron chi connectivity index (χ3n) is 3.69. The van der Waals surface area contributed by atoms with Crippen LogP contribution in [0.25, 0.3) is 11.4 Å². The zero-order valence-corrected chi connectivity index (χ0v) is 17.6. The van der Waals surface area contributed by atoms with Crippen molar-refractivity contribution in [1.82, 2.24) is 25.7 Å². The SMILES string of the molecule is CC(C)=NOCCOCCOCCC(=O)NCc1ccc(-c2nnc(C)nn2)cc1. The summed E-state index contributed by atoms with van der Waals surface area (Å²) in [5, 5.41) is 22.5. The average Bonchev–Trinajstić information content (AvgIpc) is 2.74. The summed E-state index contributed by atoms with van der Waals surface area (Å²) in [5.74, 6) is 0.919. The van der Waals surface area contributed by atoms with E-state index in [4.69, 9.17) is 14.3 Å². The number of benzene rings is 1. The second kappa shape index (κ2) is 13.3. The van der Waals surface area contributed by atoms with Crippen LogP contribution in [0.4, 0.5) is 0 Å². The summed E-state index contributed by atoms with van der Waals surface area (Å²) in [5.41, 5.74) is 2.65. The molecule has 0 radical (unpaired) electrons. The number of aromatic nitrogens is 4. The Kier molecular flexibility index (Phi) is 10.3. The van der Waals surface area contributed by atoms with Gasteiger partial charge in [-0.3, -0.25) is 4.79 Å². The Morgan fingerprint density at radius 2 is 1.57 bits per heavy atom. The number of hydrogen-bond donors (Lipinski definition) is 1. The first-order chi connectivity index (χ1) is 14.5. The van der Waals surface area contributed by atoms with Crippen molar-refractivity contribution >= 4 is 11.6 Å². The number of amides is 1. The molecule has 0 aliphatic heterocycles. The normalized spacial score (nSPS) is 10.5. The molecular formula is C20H28N6O4. The second-order valence-corrected chi connectivity index (χ2v) is 6.59. The Morgan fingerprint density at radius 1 is 0.933 bits per heavy atom. The monoisotopic (exact) mass is 416 g/mol. The van der Waals surface area contributed by atoms with Gasteiger partial charge in [0.2, 0.25) is 11.7 Å². The van der Waals surface area contributed by atoms with Crippen LogP contribution in [0, 0.1) is 6.92 Å². The van der Waals surface area contributed by atoms with E-state index < -0.39 is 0 Å². The van der Waals surface area contributed by atoms with E-state index in [1.807, 2.05) is 38.1 Å². The summed E-state index contributed by atoms with van der Waals surface area (Å²) >= 11 is 0. The van der Waals surface area contributed by atoms with Crippen molar-refractivity contribution in [3.05, 3.63) is 35.7 Å². The van der Waals surface area contributed by atoms with Crippen LogP contribution in [0.2, 0.25) is 0 Å². The molecule has 0 atom stereocenters. The molecule has 2 rings (SSSR count). The van der Waals surface area contributed by atoms with Crippen molar-refractivity contribution in [3.8, 4) is 11.4 Å². The molecular weight excluding hydrogens is 388 g/mol. The van der Waals surface area contributed by atoms with E-state index in [0.717, 1.165) is 16.8 Å². The molecule has 0 saturated carbocycles. The molecule has 1 amide bonds. The highest BCUT2D eigenvalue weighted by Gasteiger charge is 2.05. The zero-order chi connectivity index (χ0) is 21.6. The van der Waals surface area contributed by atoms with Gasteiger partial charge in [0.05, 0.1) is 32.1 Å². The number of ether oxygens (including phenoxy) is 2. The highest BCUT2D eigenvalue weighted by Crippen LogP contribution is 2.13. The fraction of sp³-hybridized carbons (Fsp3) is 0.500. The maximum Gasteiger partial charge on any atom is 0.222 e. The lowest BCUT2D eigenvalue weighted by atomic mass is 10.1. The summed E-state index contributed by atoms with van der Waals surface area (Å²) in [4.78, 5) is 16.9. The average molecular weight is 416 g/mol. The number of oxime groups is 1. The quantitative estimate of drug-likeness (QED) is 0.297. The molecule has 10 nitrogen and oxygen atoms in total. The smallest absolute Gasteiger partial charge is 0.222 e. The fourth-order valence-corrected chi connectivity index (χ4v) is 2.21. The van der Waals surface area contributed by atoms with E-state index in [1.54, 1.807) is 6.92 Å². The molecule has 1 heterocycles. The number of rotatable bonds is 13. The molecule has 0 saturated heterocycles. The van der Waals surface area contributed by atoms with E-state index in [0.29, 0.717) is 57.6 Å². The number of aryl methyl sites for hydroxylation is 1. The minimum Gasteiger partial charge on any atom is -0.393 e. The van der Waals surface area contributed by atoms with Crippen LogP contribution in [0.3, 0.4) is 0 Å². The minimum atomic E-state index is -0.0727. The third-order valence-corrected chi connectivity index (χ3v) is 3.69. The summed E-state index contributed by atoms with van der Waals surface area (Å²) in [7, 11) is 0. The van der Waals surface area contributed by atoms with Gasteiger partial charge in [0.25, 0.3) is 0 Å². The lowest BCUT2D eigenvalue weighted by Gasteiger charge is -2.07. The molecule has 1 aromatic heterocycles. The van der Waals surface area contributed by atoms with Crippen LogP contribution in [0.15, 0.2) is 29.4 Å². The van der Waals surface area contributed by atoms with E-state index in [1.165, 1.54) is 0 Å². The summed E-state index contributed by atoms with van der Waals surface area (Å²) < 4.78 is 10.7. The molecule has 0 bridgehead atoms. The minimum absolute atomic E-state index is 0.0727. The molecule has 0 spiro atoms.